The Morgan fingerprint density at radius 1 is 1.26 bits per heavy atom. The Labute approximate surface area is 135 Å². The molecular weight excluding hydrogens is 296 g/mol. The molecule has 0 spiro atoms. The van der Waals surface area contributed by atoms with Crippen molar-refractivity contribution in [2.45, 2.75) is 38.8 Å². The van der Waals surface area contributed by atoms with Gasteiger partial charge in [0.1, 0.15) is 12.1 Å². The highest BCUT2D eigenvalue weighted by molar-refractivity contribution is 6.07. The second kappa shape index (κ2) is 7.26. The maximum atomic E-state index is 12.5. The molecule has 3 amide bonds. The van der Waals surface area contributed by atoms with Crippen LogP contribution in [0.4, 0.5) is 4.79 Å². The lowest BCUT2D eigenvalue weighted by Gasteiger charge is -2.26. The van der Waals surface area contributed by atoms with E-state index >= 15 is 0 Å². The van der Waals surface area contributed by atoms with Crippen molar-refractivity contribution in [3.8, 4) is 0 Å². The van der Waals surface area contributed by atoms with Gasteiger partial charge in [-0.2, -0.15) is 0 Å². The molecule has 2 rings (SSSR count). The van der Waals surface area contributed by atoms with E-state index in [-0.39, 0.29) is 11.8 Å². The van der Waals surface area contributed by atoms with E-state index in [2.05, 4.69) is 5.32 Å². The zero-order chi connectivity index (χ0) is 17.0. The van der Waals surface area contributed by atoms with E-state index in [1.807, 2.05) is 30.3 Å². The first-order chi connectivity index (χ1) is 11.0. The predicted octanol–water partition coefficient (Wildman–Crippen LogP) is 1.74. The number of benzene rings is 1. The summed E-state index contributed by atoms with van der Waals surface area (Å²) < 4.78 is 4.73. The van der Waals surface area contributed by atoms with E-state index < -0.39 is 24.1 Å². The number of ether oxygens (including phenoxy) is 1. The van der Waals surface area contributed by atoms with Crippen molar-refractivity contribution < 1.29 is 19.1 Å². The molecule has 0 unspecified atom stereocenters. The first kappa shape index (κ1) is 17.0. The molecule has 0 saturated carbocycles. The molecule has 2 atom stereocenters. The van der Waals surface area contributed by atoms with Gasteiger partial charge in [0, 0.05) is 0 Å². The maximum Gasteiger partial charge on any atom is 0.329 e. The predicted molar refractivity (Wildman–Crippen MR) is 84.6 cm³/mol. The zero-order valence-electron chi connectivity index (χ0n) is 13.6. The largest absolute Gasteiger partial charge is 0.467 e. The average molecular weight is 318 g/mol. The van der Waals surface area contributed by atoms with Crippen LogP contribution < -0.4 is 5.32 Å². The lowest BCUT2D eigenvalue weighted by Crippen LogP contribution is -2.49. The van der Waals surface area contributed by atoms with Gasteiger partial charge in [-0.05, 0) is 24.3 Å². The number of methoxy groups -OCH3 is 1. The van der Waals surface area contributed by atoms with E-state index in [1.165, 1.54) is 7.11 Å². The number of esters is 1. The van der Waals surface area contributed by atoms with Crippen LogP contribution in [0.5, 0.6) is 0 Å². The second-order valence-corrected chi connectivity index (χ2v) is 5.95. The molecule has 6 nitrogen and oxygen atoms in total. The van der Waals surface area contributed by atoms with Gasteiger partial charge in [0.05, 0.1) is 7.11 Å². The van der Waals surface area contributed by atoms with Gasteiger partial charge in [-0.1, -0.05) is 44.2 Å². The Hall–Kier alpha value is -2.37. The topological polar surface area (TPSA) is 75.7 Å². The Bertz CT molecular complexity index is 586. The van der Waals surface area contributed by atoms with Gasteiger partial charge in [0.15, 0.2) is 0 Å². The van der Waals surface area contributed by atoms with Crippen molar-refractivity contribution in [1.82, 2.24) is 10.2 Å². The highest BCUT2D eigenvalue weighted by Crippen LogP contribution is 2.20. The minimum atomic E-state index is -0.894. The summed E-state index contributed by atoms with van der Waals surface area (Å²) in [7, 11) is 1.25. The molecular formula is C17H22N2O4. The normalized spacial score (nSPS) is 19.0. The number of nitrogens with zero attached hydrogens (tertiary/aromatic N) is 1. The standard InChI is InChI=1S/C17H22N2O4/c1-11(2)14(16(21)23-3)19-15(20)13(18-17(19)22)10-9-12-7-5-4-6-8-12/h4-8,11,13-14H,9-10H2,1-3H3,(H,18,22)/t13-,14+/m0/s1. The van der Waals surface area contributed by atoms with Gasteiger partial charge >= 0.3 is 12.0 Å². The van der Waals surface area contributed by atoms with E-state index in [9.17, 15) is 14.4 Å². The number of imide groups is 1. The number of nitrogens with one attached hydrogen (secondary N) is 1. The van der Waals surface area contributed by atoms with Crippen LogP contribution in [-0.2, 0) is 20.7 Å². The quantitative estimate of drug-likeness (QED) is 0.640. The third kappa shape index (κ3) is 3.70. The molecule has 0 aliphatic carbocycles. The van der Waals surface area contributed by atoms with E-state index in [4.69, 9.17) is 4.74 Å². The van der Waals surface area contributed by atoms with Gasteiger partial charge in [0.25, 0.3) is 5.91 Å². The Kier molecular flexibility index (Phi) is 5.36. The minimum absolute atomic E-state index is 0.218. The van der Waals surface area contributed by atoms with Gasteiger partial charge < -0.3 is 10.1 Å². The van der Waals surface area contributed by atoms with Crippen molar-refractivity contribution in [2.75, 3.05) is 7.11 Å². The van der Waals surface area contributed by atoms with Crippen LogP contribution in [0.15, 0.2) is 30.3 Å². The summed E-state index contributed by atoms with van der Waals surface area (Å²) in [6.07, 6.45) is 1.17. The fourth-order valence-corrected chi connectivity index (χ4v) is 2.76. The van der Waals surface area contributed by atoms with Crippen LogP contribution >= 0.6 is 0 Å². The molecule has 1 aromatic rings. The van der Waals surface area contributed by atoms with Gasteiger partial charge in [-0.15, -0.1) is 0 Å². The summed E-state index contributed by atoms with van der Waals surface area (Å²) in [5.74, 6) is -1.16. The third-order valence-electron chi connectivity index (χ3n) is 3.97. The van der Waals surface area contributed by atoms with E-state index in [0.717, 1.165) is 10.5 Å². The average Bonchev–Trinajstić information content (AvgIpc) is 2.81. The third-order valence-corrected chi connectivity index (χ3v) is 3.97. The van der Waals surface area contributed by atoms with Crippen LogP contribution in [0.2, 0.25) is 0 Å². The van der Waals surface area contributed by atoms with Crippen molar-refractivity contribution >= 4 is 17.9 Å². The fraction of sp³-hybridized carbons (Fsp3) is 0.471. The van der Waals surface area contributed by atoms with Crippen molar-refractivity contribution in [1.29, 1.82) is 0 Å². The molecule has 0 bridgehead atoms. The van der Waals surface area contributed by atoms with Crippen molar-refractivity contribution in [3.63, 3.8) is 0 Å². The Balaban J connectivity index is 2.08. The summed E-state index contributed by atoms with van der Waals surface area (Å²) >= 11 is 0. The smallest absolute Gasteiger partial charge is 0.329 e. The van der Waals surface area contributed by atoms with Crippen LogP contribution in [0, 0.1) is 5.92 Å². The molecule has 0 radical (unpaired) electrons. The molecule has 6 heteroatoms. The lowest BCUT2D eigenvalue weighted by atomic mass is 10.0. The number of aryl methyl sites for hydroxylation is 1. The number of carbonyl (C=O) groups excluding carboxylic acids is 3. The molecule has 1 fully saturated rings. The number of carbonyl (C=O) groups is 3. The summed E-state index contributed by atoms with van der Waals surface area (Å²) in [5.41, 5.74) is 1.10. The fourth-order valence-electron chi connectivity index (χ4n) is 2.76. The highest BCUT2D eigenvalue weighted by atomic mass is 16.5. The first-order valence-corrected chi connectivity index (χ1v) is 7.71. The Morgan fingerprint density at radius 3 is 2.48 bits per heavy atom. The van der Waals surface area contributed by atoms with Gasteiger partial charge in [0.2, 0.25) is 0 Å². The van der Waals surface area contributed by atoms with Crippen LogP contribution in [0.1, 0.15) is 25.8 Å². The molecule has 1 aromatic carbocycles. The summed E-state index contributed by atoms with van der Waals surface area (Å²) in [5, 5.41) is 2.67. The molecule has 0 aromatic heterocycles. The van der Waals surface area contributed by atoms with E-state index in [1.54, 1.807) is 13.8 Å². The number of urea groups is 1. The summed E-state index contributed by atoms with van der Waals surface area (Å²) in [4.78, 5) is 37.6. The van der Waals surface area contributed by atoms with Crippen LogP contribution in [0.25, 0.3) is 0 Å². The summed E-state index contributed by atoms with van der Waals surface area (Å²) in [6, 6.07) is 7.72. The van der Waals surface area contributed by atoms with Crippen LogP contribution in [0.3, 0.4) is 0 Å². The molecule has 1 aliphatic heterocycles. The molecule has 1 saturated heterocycles. The number of hydrogen-bond acceptors (Lipinski definition) is 4. The molecule has 1 N–H and O–H groups in total. The second-order valence-electron chi connectivity index (χ2n) is 5.95. The van der Waals surface area contributed by atoms with Crippen molar-refractivity contribution in [2.24, 2.45) is 5.92 Å². The minimum Gasteiger partial charge on any atom is -0.467 e. The Morgan fingerprint density at radius 2 is 1.91 bits per heavy atom. The number of amides is 3. The lowest BCUT2D eigenvalue weighted by molar-refractivity contribution is -0.151. The van der Waals surface area contributed by atoms with Crippen LogP contribution in [-0.4, -0.2) is 42.0 Å². The highest BCUT2D eigenvalue weighted by Gasteiger charge is 2.45. The van der Waals surface area contributed by atoms with Gasteiger partial charge in [-0.3, -0.25) is 4.79 Å². The monoisotopic (exact) mass is 318 g/mol. The number of rotatable bonds is 6. The SMILES string of the molecule is COC(=O)[C@@H](C(C)C)N1C(=O)N[C@@H](CCc2ccccc2)C1=O. The first-order valence-electron chi connectivity index (χ1n) is 7.71. The summed E-state index contributed by atoms with van der Waals surface area (Å²) in [6.45, 7) is 3.55. The zero-order valence-corrected chi connectivity index (χ0v) is 13.6. The molecule has 1 aliphatic rings. The number of hydrogen-bond donors (Lipinski definition) is 1. The molecule has 124 valence electrons. The van der Waals surface area contributed by atoms with Crippen molar-refractivity contribution in [3.05, 3.63) is 35.9 Å². The van der Waals surface area contributed by atoms with E-state index in [0.29, 0.717) is 12.8 Å². The molecule has 1 heterocycles. The van der Waals surface area contributed by atoms with Gasteiger partial charge in [-0.25, -0.2) is 14.5 Å². The molecule has 23 heavy (non-hydrogen) atoms. The maximum absolute atomic E-state index is 12.5.